The molecule has 0 amide bonds. The van der Waals surface area contributed by atoms with Crippen LogP contribution in [0.2, 0.25) is 0 Å². The van der Waals surface area contributed by atoms with E-state index in [0.717, 1.165) is 52.3 Å². The normalized spacial score (nSPS) is 19.2. The third-order valence-electron chi connectivity index (χ3n) is 6.36. The molecule has 2 aliphatic heterocycles. The number of alkyl halides is 3. The van der Waals surface area contributed by atoms with Crippen molar-refractivity contribution in [3.63, 3.8) is 0 Å². The van der Waals surface area contributed by atoms with Crippen molar-refractivity contribution >= 4 is 32.2 Å². The van der Waals surface area contributed by atoms with Crippen molar-refractivity contribution in [2.45, 2.75) is 43.3 Å². The largest absolute Gasteiger partial charge is 0.416 e. The number of nitrogens with zero attached hydrogens (tertiary/aromatic N) is 1. The molecule has 9 heteroatoms. The third kappa shape index (κ3) is 3.93. The number of anilines is 1. The average molecular weight is 476 g/mol. The minimum atomic E-state index is -4.52. The molecule has 3 aromatic rings. The summed E-state index contributed by atoms with van der Waals surface area (Å²) in [5.41, 5.74) is 2.63. The first-order valence-corrected chi connectivity index (χ1v) is 12.4. The Morgan fingerprint density at radius 3 is 2.70 bits per heavy atom. The van der Waals surface area contributed by atoms with Gasteiger partial charge in [0.15, 0.2) is 0 Å². The van der Waals surface area contributed by atoms with Crippen molar-refractivity contribution in [3.8, 4) is 0 Å². The second-order valence-corrected chi connectivity index (χ2v) is 10.5. The van der Waals surface area contributed by atoms with E-state index in [0.29, 0.717) is 18.5 Å². The quantitative estimate of drug-likeness (QED) is 0.559. The summed E-state index contributed by atoms with van der Waals surface area (Å²) in [7, 11) is -4.03. The molecular formula is C24H24F3N3O2S. The van der Waals surface area contributed by atoms with Gasteiger partial charge in [0.05, 0.1) is 16.0 Å². The van der Waals surface area contributed by atoms with E-state index in [1.807, 2.05) is 13.0 Å². The first-order chi connectivity index (χ1) is 15.6. The first-order valence-electron chi connectivity index (χ1n) is 10.9. The van der Waals surface area contributed by atoms with E-state index in [-0.39, 0.29) is 21.8 Å². The Morgan fingerprint density at radius 1 is 1.12 bits per heavy atom. The maximum absolute atomic E-state index is 13.7. The van der Waals surface area contributed by atoms with Crippen LogP contribution in [0.5, 0.6) is 0 Å². The zero-order valence-electron chi connectivity index (χ0n) is 18.0. The summed E-state index contributed by atoms with van der Waals surface area (Å²) in [6.45, 7) is 3.34. The van der Waals surface area contributed by atoms with Gasteiger partial charge in [-0.3, -0.25) is 0 Å². The molecule has 0 aliphatic carbocycles. The van der Waals surface area contributed by atoms with Crippen LogP contribution in [0.3, 0.4) is 0 Å². The number of halogens is 3. The molecule has 0 bridgehead atoms. The van der Waals surface area contributed by atoms with Crippen LogP contribution in [0.4, 0.5) is 18.9 Å². The number of benzene rings is 2. The smallest absolute Gasteiger partial charge is 0.385 e. The van der Waals surface area contributed by atoms with Gasteiger partial charge in [0.2, 0.25) is 0 Å². The van der Waals surface area contributed by atoms with Gasteiger partial charge in [-0.15, -0.1) is 0 Å². The molecule has 0 fully saturated rings. The SMILES string of the molecule is CC1CC(c2cn(S(=O)(=O)c3ccc4c(c3)NCCC4)c3ccc(C(F)(F)F)cc23)=CCN1. The fourth-order valence-corrected chi connectivity index (χ4v) is 6.03. The predicted octanol–water partition coefficient (Wildman–Crippen LogP) is 5.02. The Balaban J connectivity index is 1.70. The van der Waals surface area contributed by atoms with Gasteiger partial charge < -0.3 is 10.6 Å². The minimum absolute atomic E-state index is 0.103. The standard InChI is InChI=1S/C24H24F3N3O2S/c1-15-11-17(8-10-28-15)21-14-30(23-7-5-18(12-20(21)23)24(25,26)27)33(31,32)19-6-4-16-3-2-9-29-22(16)13-19/h4-8,12-15,28-29H,2-3,9-11H2,1H3. The van der Waals surface area contributed by atoms with Crippen molar-refractivity contribution in [1.29, 1.82) is 0 Å². The van der Waals surface area contributed by atoms with Gasteiger partial charge >= 0.3 is 6.18 Å². The highest BCUT2D eigenvalue weighted by Gasteiger charge is 2.32. The van der Waals surface area contributed by atoms with E-state index in [2.05, 4.69) is 10.6 Å². The average Bonchev–Trinajstić information content (AvgIpc) is 3.18. The molecule has 33 heavy (non-hydrogen) atoms. The monoisotopic (exact) mass is 475 g/mol. The molecule has 0 spiro atoms. The van der Waals surface area contributed by atoms with Gasteiger partial charge in [-0.2, -0.15) is 13.2 Å². The molecule has 5 rings (SSSR count). The van der Waals surface area contributed by atoms with E-state index >= 15 is 0 Å². The van der Waals surface area contributed by atoms with Crippen LogP contribution in [-0.2, 0) is 22.6 Å². The van der Waals surface area contributed by atoms with Gasteiger partial charge in [0.25, 0.3) is 10.0 Å². The summed E-state index contributed by atoms with van der Waals surface area (Å²) in [6, 6.07) is 8.37. The maximum Gasteiger partial charge on any atom is 0.416 e. The molecule has 2 N–H and O–H groups in total. The lowest BCUT2D eigenvalue weighted by atomic mass is 9.95. The summed E-state index contributed by atoms with van der Waals surface area (Å²) >= 11 is 0. The van der Waals surface area contributed by atoms with Crippen LogP contribution in [-0.4, -0.2) is 31.5 Å². The van der Waals surface area contributed by atoms with E-state index in [1.54, 1.807) is 18.2 Å². The molecule has 1 aromatic heterocycles. The van der Waals surface area contributed by atoms with Gasteiger partial charge in [-0.25, -0.2) is 12.4 Å². The lowest BCUT2D eigenvalue weighted by molar-refractivity contribution is -0.137. The molecule has 0 saturated carbocycles. The lowest BCUT2D eigenvalue weighted by Gasteiger charge is -2.20. The highest BCUT2D eigenvalue weighted by atomic mass is 32.2. The number of fused-ring (bicyclic) bond motifs is 2. The minimum Gasteiger partial charge on any atom is -0.385 e. The Bertz CT molecular complexity index is 1370. The van der Waals surface area contributed by atoms with Crippen LogP contribution >= 0.6 is 0 Å². The lowest BCUT2D eigenvalue weighted by Crippen LogP contribution is -2.29. The second-order valence-electron chi connectivity index (χ2n) is 8.67. The molecule has 0 saturated heterocycles. The summed E-state index contributed by atoms with van der Waals surface area (Å²) < 4.78 is 68.8. The molecule has 2 aromatic carbocycles. The molecule has 3 heterocycles. The first kappa shape index (κ1) is 22.0. The fourth-order valence-electron chi connectivity index (χ4n) is 4.63. The molecule has 2 aliphatic rings. The van der Waals surface area contributed by atoms with Crippen molar-refractivity contribution in [2.75, 3.05) is 18.4 Å². The zero-order valence-corrected chi connectivity index (χ0v) is 18.9. The number of aromatic nitrogens is 1. The zero-order chi connectivity index (χ0) is 23.4. The van der Waals surface area contributed by atoms with E-state index in [1.165, 1.54) is 12.3 Å². The van der Waals surface area contributed by atoms with Gasteiger partial charge in [-0.1, -0.05) is 12.1 Å². The molecule has 0 radical (unpaired) electrons. The second kappa shape index (κ2) is 7.92. The molecular weight excluding hydrogens is 451 g/mol. The summed E-state index contributed by atoms with van der Waals surface area (Å²) in [5.74, 6) is 0. The number of nitrogens with one attached hydrogen (secondary N) is 2. The third-order valence-corrected chi connectivity index (χ3v) is 8.03. The number of rotatable bonds is 3. The number of hydrogen-bond donors (Lipinski definition) is 2. The van der Waals surface area contributed by atoms with E-state index in [4.69, 9.17) is 0 Å². The Kier molecular flexibility index (Phi) is 5.29. The van der Waals surface area contributed by atoms with Crippen LogP contribution in [0, 0.1) is 0 Å². The van der Waals surface area contributed by atoms with Crippen LogP contribution in [0.25, 0.3) is 16.5 Å². The maximum atomic E-state index is 13.7. The van der Waals surface area contributed by atoms with Crippen molar-refractivity contribution in [1.82, 2.24) is 9.29 Å². The molecule has 1 unspecified atom stereocenters. The number of aryl methyl sites for hydroxylation is 1. The van der Waals surface area contributed by atoms with Crippen LogP contribution in [0.15, 0.2) is 53.6 Å². The summed E-state index contributed by atoms with van der Waals surface area (Å²) in [4.78, 5) is 0.103. The van der Waals surface area contributed by atoms with Crippen LogP contribution < -0.4 is 10.6 Å². The Labute approximate surface area is 190 Å². The number of hydrogen-bond acceptors (Lipinski definition) is 4. The van der Waals surface area contributed by atoms with Gasteiger partial charge in [-0.05, 0) is 67.7 Å². The van der Waals surface area contributed by atoms with E-state index in [9.17, 15) is 21.6 Å². The predicted molar refractivity (Wildman–Crippen MR) is 123 cm³/mol. The fraction of sp³-hybridized carbons (Fsp3) is 0.333. The highest BCUT2D eigenvalue weighted by molar-refractivity contribution is 7.90. The molecule has 5 nitrogen and oxygen atoms in total. The van der Waals surface area contributed by atoms with Gasteiger partial charge in [0, 0.05) is 42.0 Å². The summed E-state index contributed by atoms with van der Waals surface area (Å²) in [5, 5.41) is 6.79. The van der Waals surface area contributed by atoms with Crippen molar-refractivity contribution in [3.05, 3.63) is 65.4 Å². The van der Waals surface area contributed by atoms with Crippen molar-refractivity contribution in [2.24, 2.45) is 0 Å². The van der Waals surface area contributed by atoms with Gasteiger partial charge in [0.1, 0.15) is 0 Å². The topological polar surface area (TPSA) is 63.1 Å². The van der Waals surface area contributed by atoms with Crippen molar-refractivity contribution < 1.29 is 21.6 Å². The molecule has 1 atom stereocenters. The van der Waals surface area contributed by atoms with Crippen LogP contribution in [0.1, 0.15) is 36.5 Å². The highest BCUT2D eigenvalue weighted by Crippen LogP contribution is 2.38. The Hall–Kier alpha value is -2.78. The van der Waals surface area contributed by atoms with E-state index < -0.39 is 21.8 Å². The molecule has 174 valence electrons. The Morgan fingerprint density at radius 2 is 1.94 bits per heavy atom. The summed E-state index contributed by atoms with van der Waals surface area (Å²) in [6.07, 6.45) is 1.31.